The summed E-state index contributed by atoms with van der Waals surface area (Å²) in [5, 5.41) is 1.09. The molecule has 1 N–H and O–H groups in total. The molecule has 2 amide bonds. The molecule has 3 aromatic rings. The summed E-state index contributed by atoms with van der Waals surface area (Å²) in [6.45, 7) is 0.122. The molecular weight excluding hydrogens is 470 g/mol. The van der Waals surface area contributed by atoms with Gasteiger partial charge in [-0.15, -0.1) is 0 Å². The van der Waals surface area contributed by atoms with Crippen molar-refractivity contribution in [2.24, 2.45) is 0 Å². The molecule has 2 fully saturated rings. The average molecular weight is 504 g/mol. The largest absolute Gasteiger partial charge is 0.493 e. The fourth-order valence-corrected chi connectivity index (χ4v) is 6.59. The molecule has 1 saturated heterocycles. The van der Waals surface area contributed by atoms with Crippen LogP contribution in [0, 0.1) is 0 Å². The highest BCUT2D eigenvalue weighted by molar-refractivity contribution is 5.98. The van der Waals surface area contributed by atoms with Crippen LogP contribution in [0.2, 0.25) is 0 Å². The van der Waals surface area contributed by atoms with E-state index >= 15 is 0 Å². The molecule has 3 heterocycles. The number of nitrogens with one attached hydrogen (secondary N) is 1. The standard InChI is InChI=1S/C29H33N3O5/c1-35-23-13-17(14-24(36-2)28(23)37-3)27-26-20(19-11-7-8-12-21(19)30-26)15-22-29(34)31(16-25(33)32(22)27)18-9-5-4-6-10-18/h7-8,11-14,18,22,27,30H,4-6,9-10,15-16H2,1-3H3/t22-,27+/m1/s1. The van der Waals surface area contributed by atoms with Crippen molar-refractivity contribution in [1.82, 2.24) is 14.8 Å². The maximum absolute atomic E-state index is 14.0. The highest BCUT2D eigenvalue weighted by Crippen LogP contribution is 2.47. The van der Waals surface area contributed by atoms with Gasteiger partial charge in [0, 0.05) is 29.1 Å². The van der Waals surface area contributed by atoms with Gasteiger partial charge in [-0.25, -0.2) is 0 Å². The minimum Gasteiger partial charge on any atom is -0.493 e. The number of methoxy groups -OCH3 is 3. The molecule has 194 valence electrons. The zero-order valence-corrected chi connectivity index (χ0v) is 21.6. The summed E-state index contributed by atoms with van der Waals surface area (Å²) in [5.74, 6) is 1.54. The number of piperazine rings is 1. The molecule has 2 aliphatic heterocycles. The molecule has 0 unspecified atom stereocenters. The number of aromatic amines is 1. The number of carbonyl (C=O) groups is 2. The van der Waals surface area contributed by atoms with Crippen molar-refractivity contribution in [3.63, 3.8) is 0 Å². The van der Waals surface area contributed by atoms with Gasteiger partial charge in [0.05, 0.1) is 27.4 Å². The monoisotopic (exact) mass is 503 g/mol. The lowest BCUT2D eigenvalue weighted by molar-refractivity contribution is -0.161. The summed E-state index contributed by atoms with van der Waals surface area (Å²) < 4.78 is 16.8. The predicted molar refractivity (Wildman–Crippen MR) is 139 cm³/mol. The fourth-order valence-electron chi connectivity index (χ4n) is 6.59. The number of hydrogen-bond acceptors (Lipinski definition) is 5. The SMILES string of the molecule is COc1cc([C@H]2c3[nH]c4ccccc4c3C[C@@H]3C(=O)N(C4CCCCC4)CC(=O)N23)cc(OC)c1OC. The van der Waals surface area contributed by atoms with Crippen LogP contribution in [0.1, 0.15) is 55.0 Å². The summed E-state index contributed by atoms with van der Waals surface area (Å²) in [4.78, 5) is 35.2. The highest BCUT2D eigenvalue weighted by Gasteiger charge is 2.49. The van der Waals surface area contributed by atoms with Crippen molar-refractivity contribution in [3.8, 4) is 17.2 Å². The Morgan fingerprint density at radius 2 is 1.62 bits per heavy atom. The van der Waals surface area contributed by atoms with E-state index in [9.17, 15) is 9.59 Å². The Bertz CT molecular complexity index is 1330. The smallest absolute Gasteiger partial charge is 0.246 e. The van der Waals surface area contributed by atoms with Crippen LogP contribution in [0.15, 0.2) is 36.4 Å². The number of carbonyl (C=O) groups excluding carboxylic acids is 2. The third-order valence-corrected chi connectivity index (χ3v) is 8.31. The molecule has 0 radical (unpaired) electrons. The number of rotatable bonds is 5. The summed E-state index contributed by atoms with van der Waals surface area (Å²) in [6.07, 6.45) is 5.86. The van der Waals surface area contributed by atoms with E-state index in [2.05, 4.69) is 11.1 Å². The van der Waals surface area contributed by atoms with Crippen molar-refractivity contribution in [2.75, 3.05) is 27.9 Å². The van der Waals surface area contributed by atoms with Crippen LogP contribution in [0.5, 0.6) is 17.2 Å². The maximum atomic E-state index is 14.0. The highest BCUT2D eigenvalue weighted by atomic mass is 16.5. The third kappa shape index (κ3) is 3.72. The number of nitrogens with zero attached hydrogens (tertiary/aromatic N) is 2. The molecule has 37 heavy (non-hydrogen) atoms. The van der Waals surface area contributed by atoms with Crippen molar-refractivity contribution in [2.45, 2.75) is 56.7 Å². The Morgan fingerprint density at radius 3 is 2.30 bits per heavy atom. The Kier molecular flexibility index (Phi) is 5.97. The summed E-state index contributed by atoms with van der Waals surface area (Å²) in [6, 6.07) is 11.0. The number of para-hydroxylation sites is 1. The number of H-pyrrole nitrogens is 1. The first-order valence-corrected chi connectivity index (χ1v) is 13.1. The molecule has 6 rings (SSSR count). The first-order chi connectivity index (χ1) is 18.0. The second-order valence-electron chi connectivity index (χ2n) is 10.2. The van der Waals surface area contributed by atoms with Crippen LogP contribution >= 0.6 is 0 Å². The van der Waals surface area contributed by atoms with Crippen molar-refractivity contribution >= 4 is 22.7 Å². The summed E-state index contributed by atoms with van der Waals surface area (Å²) >= 11 is 0. The van der Waals surface area contributed by atoms with E-state index in [-0.39, 0.29) is 24.4 Å². The first-order valence-electron chi connectivity index (χ1n) is 13.1. The van der Waals surface area contributed by atoms with E-state index in [4.69, 9.17) is 14.2 Å². The summed E-state index contributed by atoms with van der Waals surface area (Å²) in [5.41, 5.74) is 3.81. The zero-order valence-electron chi connectivity index (χ0n) is 21.6. The van der Waals surface area contributed by atoms with Gasteiger partial charge >= 0.3 is 0 Å². The second-order valence-corrected chi connectivity index (χ2v) is 10.2. The molecule has 2 aromatic carbocycles. The van der Waals surface area contributed by atoms with Gasteiger partial charge in [-0.1, -0.05) is 37.5 Å². The molecule has 0 spiro atoms. The zero-order chi connectivity index (χ0) is 25.7. The number of amides is 2. The van der Waals surface area contributed by atoms with Crippen LogP contribution < -0.4 is 14.2 Å². The van der Waals surface area contributed by atoms with Gasteiger partial charge in [-0.3, -0.25) is 9.59 Å². The van der Waals surface area contributed by atoms with Gasteiger partial charge in [0.1, 0.15) is 12.6 Å². The number of fused-ring (bicyclic) bond motifs is 4. The number of aromatic nitrogens is 1. The van der Waals surface area contributed by atoms with E-state index in [0.717, 1.165) is 53.4 Å². The molecular formula is C29H33N3O5. The van der Waals surface area contributed by atoms with Crippen molar-refractivity contribution in [1.29, 1.82) is 0 Å². The van der Waals surface area contributed by atoms with Crippen LogP contribution in [0.25, 0.3) is 10.9 Å². The Morgan fingerprint density at radius 1 is 0.919 bits per heavy atom. The van der Waals surface area contributed by atoms with Crippen LogP contribution in [-0.4, -0.2) is 66.6 Å². The summed E-state index contributed by atoms with van der Waals surface area (Å²) in [7, 11) is 4.73. The molecule has 2 atom stereocenters. The molecule has 8 nitrogen and oxygen atoms in total. The van der Waals surface area contributed by atoms with Gasteiger partial charge in [-0.05, 0) is 42.2 Å². The lowest BCUT2D eigenvalue weighted by atomic mass is 9.85. The van der Waals surface area contributed by atoms with E-state index in [0.29, 0.717) is 23.7 Å². The number of ether oxygens (including phenoxy) is 3. The lowest BCUT2D eigenvalue weighted by Crippen LogP contribution is -2.65. The second kappa shape index (κ2) is 9.32. The van der Waals surface area contributed by atoms with Gasteiger partial charge < -0.3 is 29.0 Å². The third-order valence-electron chi connectivity index (χ3n) is 8.31. The van der Waals surface area contributed by atoms with E-state index in [1.807, 2.05) is 35.2 Å². The van der Waals surface area contributed by atoms with Gasteiger partial charge in [0.2, 0.25) is 17.6 Å². The predicted octanol–water partition coefficient (Wildman–Crippen LogP) is 4.21. The van der Waals surface area contributed by atoms with E-state index in [1.165, 1.54) is 6.42 Å². The maximum Gasteiger partial charge on any atom is 0.246 e. The lowest BCUT2D eigenvalue weighted by Gasteiger charge is -2.49. The fraction of sp³-hybridized carbons (Fsp3) is 0.448. The normalized spacial score (nSPS) is 22.1. The Hall–Kier alpha value is -3.68. The van der Waals surface area contributed by atoms with Gasteiger partial charge in [0.15, 0.2) is 11.5 Å². The molecule has 3 aliphatic rings. The van der Waals surface area contributed by atoms with Crippen molar-refractivity contribution < 1.29 is 23.8 Å². The van der Waals surface area contributed by atoms with Crippen LogP contribution in [0.4, 0.5) is 0 Å². The molecule has 1 aliphatic carbocycles. The number of benzene rings is 2. The average Bonchev–Trinajstić information content (AvgIpc) is 3.31. The van der Waals surface area contributed by atoms with E-state index in [1.54, 1.807) is 26.2 Å². The van der Waals surface area contributed by atoms with Crippen LogP contribution in [-0.2, 0) is 16.0 Å². The Labute approximate surface area is 216 Å². The van der Waals surface area contributed by atoms with Gasteiger partial charge in [-0.2, -0.15) is 0 Å². The quantitative estimate of drug-likeness (QED) is 0.564. The first kappa shape index (κ1) is 23.7. The minimum atomic E-state index is -0.557. The van der Waals surface area contributed by atoms with Gasteiger partial charge in [0.25, 0.3) is 0 Å². The number of hydrogen-bond donors (Lipinski definition) is 1. The Balaban J connectivity index is 1.52. The topological polar surface area (TPSA) is 84.1 Å². The molecule has 8 heteroatoms. The van der Waals surface area contributed by atoms with E-state index < -0.39 is 12.1 Å². The minimum absolute atomic E-state index is 0.0294. The van der Waals surface area contributed by atoms with Crippen LogP contribution in [0.3, 0.4) is 0 Å². The van der Waals surface area contributed by atoms with Crippen molar-refractivity contribution in [3.05, 3.63) is 53.2 Å². The molecule has 0 bridgehead atoms. The molecule has 1 saturated carbocycles. The molecule has 1 aromatic heterocycles.